The third-order valence-corrected chi connectivity index (χ3v) is 2.98. The average molecular weight is 277 g/mol. The van der Waals surface area contributed by atoms with Gasteiger partial charge in [-0.3, -0.25) is 4.79 Å². The number of halogens is 1. The highest BCUT2D eigenvalue weighted by Crippen LogP contribution is 2.21. The van der Waals surface area contributed by atoms with E-state index in [-0.39, 0.29) is 6.42 Å². The lowest BCUT2D eigenvalue weighted by molar-refractivity contribution is -0.137. The monoisotopic (exact) mass is 277 g/mol. The molecule has 0 fully saturated rings. The molecule has 2 aromatic rings. The number of aryl methyl sites for hydroxylation is 1. The molecule has 0 aliphatic heterocycles. The Morgan fingerprint density at radius 3 is 2.70 bits per heavy atom. The van der Waals surface area contributed by atoms with E-state index in [1.165, 1.54) is 6.07 Å². The van der Waals surface area contributed by atoms with Crippen LogP contribution in [-0.4, -0.2) is 11.1 Å². The Morgan fingerprint density at radius 2 is 2.10 bits per heavy atom. The molecule has 2 N–H and O–H groups in total. The van der Waals surface area contributed by atoms with E-state index in [4.69, 9.17) is 9.52 Å². The highest BCUT2D eigenvalue weighted by atomic mass is 19.1. The van der Waals surface area contributed by atoms with Gasteiger partial charge in [0.1, 0.15) is 17.3 Å². The summed E-state index contributed by atoms with van der Waals surface area (Å²) in [6.07, 6.45) is -0.194. The quantitative estimate of drug-likeness (QED) is 0.852. The normalized spacial score (nSPS) is 12.3. The summed E-state index contributed by atoms with van der Waals surface area (Å²) < 4.78 is 19.2. The second kappa shape index (κ2) is 6.34. The van der Waals surface area contributed by atoms with E-state index in [1.54, 1.807) is 18.2 Å². The Kier molecular flexibility index (Phi) is 4.53. The molecule has 5 heteroatoms. The summed E-state index contributed by atoms with van der Waals surface area (Å²) in [5.41, 5.74) is 0.346. The first-order chi connectivity index (χ1) is 9.56. The van der Waals surface area contributed by atoms with Crippen molar-refractivity contribution in [1.82, 2.24) is 5.32 Å². The predicted molar refractivity (Wildman–Crippen MR) is 71.7 cm³/mol. The third-order valence-electron chi connectivity index (χ3n) is 2.98. The predicted octanol–water partition coefficient (Wildman–Crippen LogP) is 3.03. The van der Waals surface area contributed by atoms with E-state index in [1.807, 2.05) is 19.1 Å². The standard InChI is InChI=1S/C15H16FNO3/c1-10-6-7-11(20-10)9-17-14(8-15(18)19)12-4-2-3-5-13(12)16/h2-7,14,17H,8-9H2,1H3,(H,18,19). The van der Waals surface area contributed by atoms with Gasteiger partial charge in [0, 0.05) is 11.6 Å². The largest absolute Gasteiger partial charge is 0.481 e. The van der Waals surface area contributed by atoms with Crippen LogP contribution < -0.4 is 5.32 Å². The number of carboxylic acids is 1. The van der Waals surface area contributed by atoms with Gasteiger partial charge < -0.3 is 14.8 Å². The van der Waals surface area contributed by atoms with Crippen molar-refractivity contribution in [1.29, 1.82) is 0 Å². The van der Waals surface area contributed by atoms with Crippen molar-refractivity contribution in [3.63, 3.8) is 0 Å². The van der Waals surface area contributed by atoms with Gasteiger partial charge in [-0.25, -0.2) is 4.39 Å². The second-order valence-corrected chi connectivity index (χ2v) is 4.57. The number of rotatable bonds is 6. The number of aliphatic carboxylic acids is 1. The molecule has 1 heterocycles. The molecule has 0 saturated carbocycles. The van der Waals surface area contributed by atoms with Crippen molar-refractivity contribution in [2.45, 2.75) is 25.9 Å². The summed E-state index contributed by atoms with van der Waals surface area (Å²) in [6, 6.07) is 9.21. The van der Waals surface area contributed by atoms with E-state index in [0.717, 1.165) is 5.76 Å². The van der Waals surface area contributed by atoms with E-state index in [9.17, 15) is 9.18 Å². The molecule has 106 valence electrons. The van der Waals surface area contributed by atoms with Crippen molar-refractivity contribution < 1.29 is 18.7 Å². The number of hydrogen-bond donors (Lipinski definition) is 2. The Morgan fingerprint density at radius 1 is 1.35 bits per heavy atom. The van der Waals surface area contributed by atoms with Crippen molar-refractivity contribution in [3.8, 4) is 0 Å². The third kappa shape index (κ3) is 3.68. The maximum Gasteiger partial charge on any atom is 0.305 e. The summed E-state index contributed by atoms with van der Waals surface area (Å²) in [4.78, 5) is 10.9. The molecule has 0 aliphatic carbocycles. The van der Waals surface area contributed by atoms with Crippen LogP contribution in [0.15, 0.2) is 40.8 Å². The molecule has 0 bridgehead atoms. The molecule has 0 aliphatic rings. The minimum absolute atomic E-state index is 0.194. The molecule has 1 unspecified atom stereocenters. The first kappa shape index (κ1) is 14.3. The molecule has 20 heavy (non-hydrogen) atoms. The Bertz CT molecular complexity index is 594. The van der Waals surface area contributed by atoms with Gasteiger partial charge in [-0.1, -0.05) is 18.2 Å². The molecule has 2 rings (SSSR count). The molecule has 0 saturated heterocycles. The fourth-order valence-corrected chi connectivity index (χ4v) is 2.03. The van der Waals surface area contributed by atoms with Crippen LogP contribution in [0.4, 0.5) is 4.39 Å². The fourth-order valence-electron chi connectivity index (χ4n) is 2.03. The minimum atomic E-state index is -0.985. The number of furan rings is 1. The van der Waals surface area contributed by atoms with Crippen LogP contribution in [0, 0.1) is 12.7 Å². The highest BCUT2D eigenvalue weighted by Gasteiger charge is 2.18. The fraction of sp³-hybridized carbons (Fsp3) is 0.267. The van der Waals surface area contributed by atoms with Gasteiger partial charge >= 0.3 is 5.97 Å². The molecular formula is C15H16FNO3. The van der Waals surface area contributed by atoms with Gasteiger partial charge in [0.25, 0.3) is 0 Å². The molecule has 1 atom stereocenters. The topological polar surface area (TPSA) is 62.5 Å². The van der Waals surface area contributed by atoms with Crippen LogP contribution in [0.3, 0.4) is 0 Å². The van der Waals surface area contributed by atoms with Crippen molar-refractivity contribution in [2.24, 2.45) is 0 Å². The maximum absolute atomic E-state index is 13.8. The molecule has 0 amide bonds. The van der Waals surface area contributed by atoms with Crippen molar-refractivity contribution in [2.75, 3.05) is 0 Å². The Labute approximate surface area is 116 Å². The number of hydrogen-bond acceptors (Lipinski definition) is 3. The molecule has 4 nitrogen and oxygen atoms in total. The van der Waals surface area contributed by atoms with Gasteiger partial charge in [0.05, 0.1) is 13.0 Å². The Hall–Kier alpha value is -2.14. The zero-order valence-corrected chi connectivity index (χ0v) is 11.1. The number of carboxylic acid groups (broad SMARTS) is 1. The summed E-state index contributed by atoms with van der Waals surface area (Å²) in [6.45, 7) is 2.18. The molecule has 0 radical (unpaired) electrons. The van der Waals surface area contributed by atoms with Crippen LogP contribution in [0.5, 0.6) is 0 Å². The summed E-state index contributed by atoms with van der Waals surface area (Å²) in [5, 5.41) is 12.0. The lowest BCUT2D eigenvalue weighted by Gasteiger charge is -2.17. The van der Waals surface area contributed by atoms with Crippen LogP contribution >= 0.6 is 0 Å². The number of benzene rings is 1. The minimum Gasteiger partial charge on any atom is -0.481 e. The first-order valence-corrected chi connectivity index (χ1v) is 6.31. The van der Waals surface area contributed by atoms with Gasteiger partial charge in [-0.2, -0.15) is 0 Å². The van der Waals surface area contributed by atoms with Crippen molar-refractivity contribution in [3.05, 3.63) is 59.3 Å². The van der Waals surface area contributed by atoms with Crippen molar-refractivity contribution >= 4 is 5.97 Å². The molecule has 1 aromatic carbocycles. The molecule has 1 aromatic heterocycles. The zero-order chi connectivity index (χ0) is 14.5. The summed E-state index contributed by atoms with van der Waals surface area (Å²) in [7, 11) is 0. The van der Waals surface area contributed by atoms with Gasteiger partial charge in [0.15, 0.2) is 0 Å². The zero-order valence-electron chi connectivity index (χ0n) is 11.1. The van der Waals surface area contributed by atoms with Gasteiger partial charge in [-0.05, 0) is 25.1 Å². The molecule has 0 spiro atoms. The lowest BCUT2D eigenvalue weighted by atomic mass is 10.0. The SMILES string of the molecule is Cc1ccc(CNC(CC(=O)O)c2ccccc2F)o1. The maximum atomic E-state index is 13.8. The Balaban J connectivity index is 2.11. The van der Waals surface area contributed by atoms with Gasteiger partial charge in [0.2, 0.25) is 0 Å². The van der Waals surface area contributed by atoms with Crippen LogP contribution in [-0.2, 0) is 11.3 Å². The van der Waals surface area contributed by atoms with Gasteiger partial charge in [-0.15, -0.1) is 0 Å². The summed E-state index contributed by atoms with van der Waals surface area (Å²) >= 11 is 0. The van der Waals surface area contributed by atoms with E-state index in [0.29, 0.717) is 17.9 Å². The van der Waals surface area contributed by atoms with E-state index in [2.05, 4.69) is 5.32 Å². The van der Waals surface area contributed by atoms with Crippen LogP contribution in [0.1, 0.15) is 29.5 Å². The van der Waals surface area contributed by atoms with E-state index < -0.39 is 17.8 Å². The molecular weight excluding hydrogens is 261 g/mol. The second-order valence-electron chi connectivity index (χ2n) is 4.57. The van der Waals surface area contributed by atoms with Crippen LogP contribution in [0.2, 0.25) is 0 Å². The summed E-state index contributed by atoms with van der Waals surface area (Å²) in [5.74, 6) is 0.0694. The first-order valence-electron chi connectivity index (χ1n) is 6.31. The number of nitrogens with one attached hydrogen (secondary N) is 1. The van der Waals surface area contributed by atoms with E-state index >= 15 is 0 Å². The average Bonchev–Trinajstić information content (AvgIpc) is 2.81. The highest BCUT2D eigenvalue weighted by molar-refractivity contribution is 5.68. The smallest absolute Gasteiger partial charge is 0.305 e. The lowest BCUT2D eigenvalue weighted by Crippen LogP contribution is -2.24. The number of carbonyl (C=O) groups is 1. The van der Waals surface area contributed by atoms with Crippen LogP contribution in [0.25, 0.3) is 0 Å².